The number of furan rings is 1. The van der Waals surface area contributed by atoms with Gasteiger partial charge in [-0.15, -0.1) is 11.3 Å². The van der Waals surface area contributed by atoms with Gasteiger partial charge in [0.25, 0.3) is 0 Å². The van der Waals surface area contributed by atoms with Crippen LogP contribution in [0.3, 0.4) is 0 Å². The molecule has 0 saturated carbocycles. The normalized spacial score (nSPS) is 20.2. The molecule has 2 amide bonds. The van der Waals surface area contributed by atoms with Crippen LogP contribution >= 0.6 is 11.3 Å². The number of aryl methyl sites for hydroxylation is 2. The van der Waals surface area contributed by atoms with Crippen molar-refractivity contribution in [2.45, 2.75) is 38.6 Å². The lowest BCUT2D eigenvalue weighted by Gasteiger charge is -2.14. The summed E-state index contributed by atoms with van der Waals surface area (Å²) in [7, 11) is 0. The molecule has 2 aliphatic rings. The third kappa shape index (κ3) is 3.08. The Kier molecular flexibility index (Phi) is 4.10. The maximum Gasteiger partial charge on any atom is 0.231 e. The minimum Gasteiger partial charge on any atom is -0.467 e. The highest BCUT2D eigenvalue weighted by atomic mass is 32.1. The molecule has 1 N–H and O–H groups in total. The van der Waals surface area contributed by atoms with Crippen molar-refractivity contribution in [3.05, 3.63) is 34.7 Å². The molecule has 0 bridgehead atoms. The number of hydrogen-bond acceptors (Lipinski definition) is 5. The molecule has 2 aromatic heterocycles. The Morgan fingerprint density at radius 1 is 1.42 bits per heavy atom. The number of rotatable bonds is 4. The Balaban J connectivity index is 1.38. The number of likely N-dealkylation sites (tertiary alicyclic amines) is 1. The predicted molar refractivity (Wildman–Crippen MR) is 89.6 cm³/mol. The summed E-state index contributed by atoms with van der Waals surface area (Å²) in [5, 5.41) is 3.58. The van der Waals surface area contributed by atoms with E-state index in [4.69, 9.17) is 4.42 Å². The number of amides is 2. The second-order valence-corrected chi connectivity index (χ2v) is 7.42. The first-order valence-electron chi connectivity index (χ1n) is 8.28. The zero-order valence-electron chi connectivity index (χ0n) is 13.3. The Morgan fingerprint density at radius 3 is 3.08 bits per heavy atom. The monoisotopic (exact) mass is 345 g/mol. The molecule has 4 rings (SSSR count). The maximum absolute atomic E-state index is 12.5. The van der Waals surface area contributed by atoms with E-state index in [1.54, 1.807) is 28.6 Å². The van der Waals surface area contributed by atoms with E-state index < -0.39 is 0 Å². The molecule has 24 heavy (non-hydrogen) atoms. The van der Waals surface area contributed by atoms with Crippen molar-refractivity contribution in [3.8, 4) is 0 Å². The smallest absolute Gasteiger partial charge is 0.231 e. The van der Waals surface area contributed by atoms with Gasteiger partial charge in [0, 0.05) is 17.8 Å². The van der Waals surface area contributed by atoms with Crippen LogP contribution in [0.1, 0.15) is 35.6 Å². The molecule has 6 nitrogen and oxygen atoms in total. The quantitative estimate of drug-likeness (QED) is 0.924. The molecule has 1 saturated heterocycles. The van der Waals surface area contributed by atoms with Crippen LogP contribution < -0.4 is 5.32 Å². The van der Waals surface area contributed by atoms with E-state index in [9.17, 15) is 9.59 Å². The van der Waals surface area contributed by atoms with Crippen molar-refractivity contribution >= 4 is 28.3 Å². The highest BCUT2D eigenvalue weighted by molar-refractivity contribution is 7.15. The Bertz CT molecular complexity index is 730. The van der Waals surface area contributed by atoms with E-state index in [0.29, 0.717) is 18.2 Å². The Labute approximate surface area is 143 Å². The first-order valence-corrected chi connectivity index (χ1v) is 9.10. The number of carbonyl (C=O) groups is 2. The second-order valence-electron chi connectivity index (χ2n) is 6.34. The van der Waals surface area contributed by atoms with Crippen LogP contribution in [0, 0.1) is 5.92 Å². The number of hydrogen-bond donors (Lipinski definition) is 1. The van der Waals surface area contributed by atoms with E-state index in [1.807, 2.05) is 6.07 Å². The summed E-state index contributed by atoms with van der Waals surface area (Å²) < 4.78 is 5.28. The summed E-state index contributed by atoms with van der Waals surface area (Å²) in [5.41, 5.74) is 1.13. The lowest BCUT2D eigenvalue weighted by molar-refractivity contribution is -0.128. The van der Waals surface area contributed by atoms with Gasteiger partial charge in [0.15, 0.2) is 5.13 Å². The molecular formula is C17H19N3O3S. The van der Waals surface area contributed by atoms with Crippen molar-refractivity contribution in [1.82, 2.24) is 9.88 Å². The first kappa shape index (κ1) is 15.4. The van der Waals surface area contributed by atoms with Crippen LogP contribution in [-0.4, -0.2) is 28.2 Å². The molecule has 0 spiro atoms. The lowest BCUT2D eigenvalue weighted by atomic mass is 10.0. The SMILES string of the molecule is O=C(Nc1nc2c(s1)CCCC2)[C@H]1CC(=O)N(Cc2ccco2)C1. The minimum atomic E-state index is -0.326. The summed E-state index contributed by atoms with van der Waals surface area (Å²) in [4.78, 5) is 32.1. The van der Waals surface area contributed by atoms with Gasteiger partial charge in [0.2, 0.25) is 11.8 Å². The average molecular weight is 345 g/mol. The molecule has 7 heteroatoms. The fraction of sp³-hybridized carbons (Fsp3) is 0.471. The summed E-state index contributed by atoms with van der Waals surface area (Å²) in [5.74, 6) is 0.284. The summed E-state index contributed by atoms with van der Waals surface area (Å²) in [6.07, 6.45) is 6.26. The van der Waals surface area contributed by atoms with Gasteiger partial charge in [-0.3, -0.25) is 9.59 Å². The van der Waals surface area contributed by atoms with Gasteiger partial charge in [-0.25, -0.2) is 4.98 Å². The van der Waals surface area contributed by atoms with Crippen LogP contribution in [-0.2, 0) is 29.0 Å². The van der Waals surface area contributed by atoms with Gasteiger partial charge in [0.05, 0.1) is 24.4 Å². The van der Waals surface area contributed by atoms with E-state index in [1.165, 1.54) is 17.7 Å². The van der Waals surface area contributed by atoms with E-state index in [0.717, 1.165) is 24.3 Å². The number of thiazole rings is 1. The van der Waals surface area contributed by atoms with Gasteiger partial charge < -0.3 is 14.6 Å². The van der Waals surface area contributed by atoms with Crippen LogP contribution in [0.5, 0.6) is 0 Å². The topological polar surface area (TPSA) is 75.4 Å². The molecule has 0 unspecified atom stereocenters. The van der Waals surface area contributed by atoms with Crippen LogP contribution in [0.15, 0.2) is 22.8 Å². The summed E-state index contributed by atoms with van der Waals surface area (Å²) in [6, 6.07) is 3.63. The Morgan fingerprint density at radius 2 is 2.29 bits per heavy atom. The van der Waals surface area contributed by atoms with Gasteiger partial charge in [-0.05, 0) is 37.8 Å². The fourth-order valence-corrected chi connectivity index (χ4v) is 4.36. The lowest BCUT2D eigenvalue weighted by Crippen LogP contribution is -2.27. The summed E-state index contributed by atoms with van der Waals surface area (Å²) >= 11 is 1.57. The minimum absolute atomic E-state index is 0.00927. The number of nitrogens with zero attached hydrogens (tertiary/aromatic N) is 2. The molecule has 0 radical (unpaired) electrons. The van der Waals surface area contributed by atoms with Crippen molar-refractivity contribution in [1.29, 1.82) is 0 Å². The zero-order chi connectivity index (χ0) is 16.5. The number of anilines is 1. The number of fused-ring (bicyclic) bond motifs is 1. The highest BCUT2D eigenvalue weighted by Crippen LogP contribution is 2.30. The van der Waals surface area contributed by atoms with Gasteiger partial charge in [0.1, 0.15) is 5.76 Å². The standard InChI is InChI=1S/C17H19N3O3S/c21-15-8-11(9-20(15)10-12-4-3-7-23-12)16(22)19-17-18-13-5-1-2-6-14(13)24-17/h3-4,7,11H,1-2,5-6,8-10H2,(H,18,19,22)/t11-/m0/s1. The van der Waals surface area contributed by atoms with E-state index >= 15 is 0 Å². The number of carbonyl (C=O) groups excluding carboxylic acids is 2. The number of nitrogens with one attached hydrogen (secondary N) is 1. The zero-order valence-corrected chi connectivity index (χ0v) is 14.1. The van der Waals surface area contributed by atoms with Crippen molar-refractivity contribution in [3.63, 3.8) is 0 Å². The molecular weight excluding hydrogens is 326 g/mol. The molecule has 0 aromatic carbocycles. The van der Waals surface area contributed by atoms with Gasteiger partial charge in [-0.1, -0.05) is 0 Å². The molecule has 3 heterocycles. The highest BCUT2D eigenvalue weighted by Gasteiger charge is 2.35. The Hall–Kier alpha value is -2.15. The van der Waals surface area contributed by atoms with Crippen molar-refractivity contribution in [2.75, 3.05) is 11.9 Å². The van der Waals surface area contributed by atoms with Crippen molar-refractivity contribution in [2.24, 2.45) is 5.92 Å². The van der Waals surface area contributed by atoms with Gasteiger partial charge >= 0.3 is 0 Å². The predicted octanol–water partition coefficient (Wildman–Crippen LogP) is 2.60. The molecule has 126 valence electrons. The van der Waals surface area contributed by atoms with Crippen LogP contribution in [0.2, 0.25) is 0 Å². The van der Waals surface area contributed by atoms with Crippen molar-refractivity contribution < 1.29 is 14.0 Å². The largest absolute Gasteiger partial charge is 0.467 e. The first-order chi connectivity index (χ1) is 11.7. The molecule has 1 aliphatic heterocycles. The van der Waals surface area contributed by atoms with E-state index in [2.05, 4.69) is 10.3 Å². The molecule has 2 aromatic rings. The number of aromatic nitrogens is 1. The van der Waals surface area contributed by atoms with Crippen LogP contribution in [0.25, 0.3) is 0 Å². The third-order valence-electron chi connectivity index (χ3n) is 4.59. The summed E-state index contributed by atoms with van der Waals surface area (Å²) in [6.45, 7) is 0.845. The third-order valence-corrected chi connectivity index (χ3v) is 5.66. The average Bonchev–Trinajstić information content (AvgIpc) is 3.28. The molecule has 1 atom stereocenters. The van der Waals surface area contributed by atoms with Gasteiger partial charge in [-0.2, -0.15) is 0 Å². The molecule has 1 fully saturated rings. The van der Waals surface area contributed by atoms with Crippen LogP contribution in [0.4, 0.5) is 5.13 Å². The van der Waals surface area contributed by atoms with E-state index in [-0.39, 0.29) is 24.2 Å². The maximum atomic E-state index is 12.5. The molecule has 1 aliphatic carbocycles. The fourth-order valence-electron chi connectivity index (χ4n) is 3.30. The second kappa shape index (κ2) is 6.39.